The number of fused-ring (bicyclic) bond motifs is 1. The summed E-state index contributed by atoms with van der Waals surface area (Å²) in [6, 6.07) is 0.543. The molecule has 0 N–H and O–H groups in total. The van der Waals surface area contributed by atoms with Gasteiger partial charge in [-0.1, -0.05) is 44.2 Å². The van der Waals surface area contributed by atoms with Crippen molar-refractivity contribution >= 4 is 22.9 Å². The number of hydrogen-bond donors (Lipinski definition) is 0. The molecular weight excluding hydrogens is 285 g/mol. The first-order valence-corrected chi connectivity index (χ1v) is 6.02. The molecule has 1 fully saturated rings. The highest BCUT2D eigenvalue weighted by molar-refractivity contribution is 14.1. The van der Waals surface area contributed by atoms with Crippen molar-refractivity contribution < 1.29 is 0 Å². The van der Waals surface area contributed by atoms with Crippen LogP contribution < -0.4 is 0 Å². The quantitative estimate of drug-likeness (QED) is 0.487. The Balaban J connectivity index is 2.46. The van der Waals surface area contributed by atoms with Gasteiger partial charge in [0.05, 0.1) is 28.9 Å². The molecule has 1 aliphatic heterocycles. The van der Waals surface area contributed by atoms with Gasteiger partial charge in [-0.15, -0.1) is 0 Å². The smallest absolute Gasteiger partial charge is 0.0644 e. The second-order valence-electron chi connectivity index (χ2n) is 4.49. The summed E-state index contributed by atoms with van der Waals surface area (Å²) in [6.45, 7) is 6.80. The molecule has 0 radical (unpaired) electrons. The fourth-order valence-electron chi connectivity index (χ4n) is 2.58. The summed E-state index contributed by atoms with van der Waals surface area (Å²) in [5.41, 5.74) is 1.71. The molecule has 76 valence electrons. The van der Waals surface area contributed by atoms with Gasteiger partial charge in [-0.3, -0.25) is 0 Å². The van der Waals surface area contributed by atoms with E-state index in [9.17, 15) is 0 Å². The lowest BCUT2D eigenvalue weighted by atomic mass is 9.75. The van der Waals surface area contributed by atoms with Gasteiger partial charge in [-0.2, -0.15) is 0 Å². The summed E-state index contributed by atoms with van der Waals surface area (Å²) in [6.07, 6.45) is 11.2. The van der Waals surface area contributed by atoms with Gasteiger partial charge in [-0.25, -0.2) is 0 Å². The first-order valence-electron chi connectivity index (χ1n) is 5.06. The van der Waals surface area contributed by atoms with Crippen molar-refractivity contribution in [3.63, 3.8) is 0 Å². The van der Waals surface area contributed by atoms with Crippen LogP contribution in [0.5, 0.6) is 0 Å². The molecule has 0 saturated carbocycles. The zero-order chi connectivity index (χ0) is 10.3. The molecule has 2 rings (SSSR count). The minimum Gasteiger partial charge on any atom is -0.311 e. The summed E-state index contributed by atoms with van der Waals surface area (Å²) in [4.78, 5) is 0. The van der Waals surface area contributed by atoms with Crippen LogP contribution in [0, 0.1) is 11.3 Å². The Morgan fingerprint density at radius 3 is 2.57 bits per heavy atom. The Kier molecular flexibility index (Phi) is 2.50. The Morgan fingerprint density at radius 1 is 1.36 bits per heavy atom. The Labute approximate surface area is 100 Å². The van der Waals surface area contributed by atoms with Crippen molar-refractivity contribution in [2.45, 2.75) is 26.8 Å². The van der Waals surface area contributed by atoms with E-state index < -0.39 is 0 Å². The SMILES string of the molecule is C/C=C1\N(I)C2C=CC=CC2C1(C)C. The van der Waals surface area contributed by atoms with Crippen molar-refractivity contribution in [1.29, 1.82) is 0 Å². The predicted octanol–water partition coefficient (Wildman–Crippen LogP) is 3.69. The number of hydrogen-bond acceptors (Lipinski definition) is 1. The second kappa shape index (κ2) is 3.40. The molecule has 0 aromatic rings. The normalized spacial score (nSPS) is 36.6. The van der Waals surface area contributed by atoms with Crippen molar-refractivity contribution in [3.05, 3.63) is 36.1 Å². The summed E-state index contributed by atoms with van der Waals surface area (Å²) in [7, 11) is 0. The number of halogens is 1. The summed E-state index contributed by atoms with van der Waals surface area (Å²) in [5, 5.41) is 0. The predicted molar refractivity (Wildman–Crippen MR) is 69.0 cm³/mol. The van der Waals surface area contributed by atoms with E-state index in [1.807, 2.05) is 0 Å². The van der Waals surface area contributed by atoms with Crippen LogP contribution in [0.2, 0.25) is 0 Å². The molecule has 2 atom stereocenters. The number of nitrogens with zero attached hydrogens (tertiary/aromatic N) is 1. The Bertz CT molecular complexity index is 325. The van der Waals surface area contributed by atoms with Gasteiger partial charge in [0.2, 0.25) is 0 Å². The van der Waals surface area contributed by atoms with Gasteiger partial charge in [0, 0.05) is 17.0 Å². The summed E-state index contributed by atoms with van der Waals surface area (Å²) < 4.78 is 2.38. The largest absolute Gasteiger partial charge is 0.311 e. The zero-order valence-corrected chi connectivity index (χ0v) is 11.0. The summed E-state index contributed by atoms with van der Waals surface area (Å²) in [5.74, 6) is 0.621. The molecule has 2 unspecified atom stereocenters. The fraction of sp³-hybridized carbons (Fsp3) is 0.500. The standard InChI is InChI=1S/C12H16IN/c1-4-11-12(2,3)9-7-5-6-8-10(9)14(11)13/h4-10H,1-3H3/b11-4-. The van der Waals surface area contributed by atoms with E-state index >= 15 is 0 Å². The highest BCUT2D eigenvalue weighted by atomic mass is 127. The fourth-order valence-corrected chi connectivity index (χ4v) is 4.01. The molecule has 0 bridgehead atoms. The minimum atomic E-state index is 0.266. The maximum atomic E-state index is 2.43. The monoisotopic (exact) mass is 301 g/mol. The van der Waals surface area contributed by atoms with Crippen LogP contribution in [-0.4, -0.2) is 9.16 Å². The highest BCUT2D eigenvalue weighted by Gasteiger charge is 2.47. The van der Waals surface area contributed by atoms with E-state index in [4.69, 9.17) is 0 Å². The molecule has 2 aliphatic rings. The molecule has 0 aromatic carbocycles. The van der Waals surface area contributed by atoms with Gasteiger partial charge in [-0.05, 0) is 6.92 Å². The van der Waals surface area contributed by atoms with Gasteiger partial charge < -0.3 is 3.11 Å². The third-order valence-electron chi connectivity index (χ3n) is 3.36. The third kappa shape index (κ3) is 1.27. The molecule has 1 aliphatic carbocycles. The van der Waals surface area contributed by atoms with Crippen LogP contribution in [0.1, 0.15) is 20.8 Å². The molecule has 1 heterocycles. The van der Waals surface area contributed by atoms with Crippen LogP contribution in [-0.2, 0) is 0 Å². The minimum absolute atomic E-state index is 0.266. The summed E-state index contributed by atoms with van der Waals surface area (Å²) >= 11 is 2.43. The Hall–Kier alpha value is -0.250. The molecule has 1 saturated heterocycles. The molecule has 14 heavy (non-hydrogen) atoms. The number of rotatable bonds is 0. The second-order valence-corrected chi connectivity index (χ2v) is 5.53. The van der Waals surface area contributed by atoms with Gasteiger partial charge in [0.25, 0.3) is 0 Å². The molecule has 0 aromatic heterocycles. The van der Waals surface area contributed by atoms with Crippen LogP contribution >= 0.6 is 22.9 Å². The van der Waals surface area contributed by atoms with Gasteiger partial charge in [0.1, 0.15) is 0 Å². The molecule has 0 amide bonds. The van der Waals surface area contributed by atoms with Crippen LogP contribution in [0.15, 0.2) is 36.1 Å². The van der Waals surface area contributed by atoms with Crippen LogP contribution in [0.4, 0.5) is 0 Å². The Morgan fingerprint density at radius 2 is 2.00 bits per heavy atom. The maximum absolute atomic E-state index is 2.43. The molecular formula is C12H16IN. The van der Waals surface area contributed by atoms with Crippen LogP contribution in [0.25, 0.3) is 0 Å². The van der Waals surface area contributed by atoms with Crippen molar-refractivity contribution in [2.75, 3.05) is 0 Å². The van der Waals surface area contributed by atoms with Gasteiger partial charge in [0.15, 0.2) is 0 Å². The van der Waals surface area contributed by atoms with Crippen LogP contribution in [0.3, 0.4) is 0 Å². The topological polar surface area (TPSA) is 3.24 Å². The lowest BCUT2D eigenvalue weighted by Crippen LogP contribution is -2.25. The number of allylic oxidation sites excluding steroid dienone is 4. The first kappa shape index (κ1) is 10.3. The zero-order valence-electron chi connectivity index (χ0n) is 8.87. The van der Waals surface area contributed by atoms with E-state index in [-0.39, 0.29) is 5.41 Å². The van der Waals surface area contributed by atoms with Crippen molar-refractivity contribution in [1.82, 2.24) is 3.11 Å². The lowest BCUT2D eigenvalue weighted by molar-refractivity contribution is 0.356. The van der Waals surface area contributed by atoms with Crippen molar-refractivity contribution in [3.8, 4) is 0 Å². The molecule has 0 spiro atoms. The average molecular weight is 301 g/mol. The van der Waals surface area contributed by atoms with E-state index in [0.29, 0.717) is 12.0 Å². The lowest BCUT2D eigenvalue weighted by Gasteiger charge is -2.26. The maximum Gasteiger partial charge on any atom is 0.0644 e. The van der Waals surface area contributed by atoms with E-state index in [1.165, 1.54) is 5.70 Å². The molecule has 1 nitrogen and oxygen atoms in total. The highest BCUT2D eigenvalue weighted by Crippen LogP contribution is 2.51. The van der Waals surface area contributed by atoms with Gasteiger partial charge >= 0.3 is 0 Å². The first-order chi connectivity index (χ1) is 6.59. The third-order valence-corrected chi connectivity index (χ3v) is 4.53. The van der Waals surface area contributed by atoms with Crippen molar-refractivity contribution in [2.24, 2.45) is 11.3 Å². The average Bonchev–Trinajstić information content (AvgIpc) is 2.36. The van der Waals surface area contributed by atoms with E-state index in [0.717, 1.165) is 0 Å². The van der Waals surface area contributed by atoms with E-state index in [1.54, 1.807) is 0 Å². The molecule has 2 heteroatoms. The van der Waals surface area contributed by atoms with E-state index in [2.05, 4.69) is 77.1 Å².